The van der Waals surface area contributed by atoms with Crippen molar-refractivity contribution in [1.82, 2.24) is 0 Å². The van der Waals surface area contributed by atoms with Gasteiger partial charge in [0.1, 0.15) is 5.75 Å². The van der Waals surface area contributed by atoms with Crippen molar-refractivity contribution >= 4 is 21.4 Å². The Balaban J connectivity index is 1.96. The Morgan fingerprint density at radius 1 is 1.11 bits per heavy atom. The Morgan fingerprint density at radius 3 is 2.25 bits per heavy atom. The number of hydrogen-bond acceptors (Lipinski definition) is 4. The number of sulfone groups is 1. The molecule has 0 aliphatic carbocycles. The minimum atomic E-state index is -3.29. The average Bonchev–Trinajstić information content (AvgIpc) is 3.02. The maximum Gasteiger partial charge on any atom is 0.258 e. The van der Waals surface area contributed by atoms with Gasteiger partial charge in [0.15, 0.2) is 9.84 Å². The number of benzene rings is 2. The van der Waals surface area contributed by atoms with Gasteiger partial charge >= 0.3 is 0 Å². The highest BCUT2D eigenvalue weighted by molar-refractivity contribution is 7.94. The smallest absolute Gasteiger partial charge is 0.258 e. The van der Waals surface area contributed by atoms with Gasteiger partial charge in [-0.3, -0.25) is 4.79 Å². The van der Waals surface area contributed by atoms with Crippen LogP contribution in [0.4, 0.5) is 5.69 Å². The van der Waals surface area contributed by atoms with Crippen molar-refractivity contribution in [3.63, 3.8) is 0 Å². The Hall–Kier alpha value is -2.60. The number of amides is 1. The van der Waals surface area contributed by atoms with Crippen LogP contribution in [0.5, 0.6) is 5.75 Å². The van der Waals surface area contributed by atoms with Crippen LogP contribution in [0.2, 0.25) is 0 Å². The second-order valence-electron chi connectivity index (χ2n) is 7.10. The highest BCUT2D eigenvalue weighted by Crippen LogP contribution is 2.27. The summed E-state index contributed by atoms with van der Waals surface area (Å²) >= 11 is 0. The predicted octanol–water partition coefficient (Wildman–Crippen LogP) is 4.17. The molecule has 1 heterocycles. The van der Waals surface area contributed by atoms with E-state index in [1.165, 1.54) is 5.41 Å². The highest BCUT2D eigenvalue weighted by Gasteiger charge is 2.32. The third-order valence-corrected chi connectivity index (χ3v) is 6.09. The zero-order valence-electron chi connectivity index (χ0n) is 16.3. The summed E-state index contributed by atoms with van der Waals surface area (Å²) in [4.78, 5) is 14.8. The van der Waals surface area contributed by atoms with Crippen molar-refractivity contribution < 1.29 is 17.9 Å². The summed E-state index contributed by atoms with van der Waals surface area (Å²) < 4.78 is 29.3. The fourth-order valence-corrected chi connectivity index (χ4v) is 4.47. The molecule has 1 atom stereocenters. The molecule has 6 heteroatoms. The summed E-state index contributed by atoms with van der Waals surface area (Å²) in [5, 5.41) is 1.19. The first-order chi connectivity index (χ1) is 13.3. The summed E-state index contributed by atoms with van der Waals surface area (Å²) in [7, 11) is -3.29. The Labute approximate surface area is 166 Å². The molecule has 0 bridgehead atoms. The van der Waals surface area contributed by atoms with Gasteiger partial charge in [0.2, 0.25) is 0 Å². The topological polar surface area (TPSA) is 63.7 Å². The number of nitrogens with zero attached hydrogens (tertiary/aromatic N) is 1. The maximum atomic E-state index is 13.3. The van der Waals surface area contributed by atoms with Gasteiger partial charge in [-0.25, -0.2) is 8.42 Å². The van der Waals surface area contributed by atoms with Crippen LogP contribution in [0, 0.1) is 0 Å². The first-order valence-corrected chi connectivity index (χ1v) is 11.1. The van der Waals surface area contributed by atoms with Crippen molar-refractivity contribution in [2.75, 3.05) is 17.3 Å². The number of carbonyl (C=O) groups is 1. The molecule has 0 unspecified atom stereocenters. The van der Waals surface area contributed by atoms with Crippen molar-refractivity contribution in [3.8, 4) is 5.75 Å². The molecular formula is C22H25NO4S. The predicted molar refractivity (Wildman–Crippen MR) is 112 cm³/mol. The van der Waals surface area contributed by atoms with E-state index in [9.17, 15) is 13.2 Å². The molecule has 2 aromatic carbocycles. The van der Waals surface area contributed by atoms with Crippen LogP contribution in [0.15, 0.2) is 60.0 Å². The summed E-state index contributed by atoms with van der Waals surface area (Å²) in [5.74, 6) is 0.709. The van der Waals surface area contributed by atoms with E-state index in [1.54, 1.807) is 35.2 Å². The number of hydrogen-bond donors (Lipinski definition) is 0. The normalized spacial score (nSPS) is 17.6. The molecule has 0 fully saturated rings. The molecular weight excluding hydrogens is 374 g/mol. The van der Waals surface area contributed by atoms with Gasteiger partial charge in [-0.15, -0.1) is 0 Å². The van der Waals surface area contributed by atoms with E-state index in [2.05, 4.69) is 13.8 Å². The highest BCUT2D eigenvalue weighted by atomic mass is 32.2. The van der Waals surface area contributed by atoms with Crippen LogP contribution < -0.4 is 9.64 Å². The molecule has 28 heavy (non-hydrogen) atoms. The summed E-state index contributed by atoms with van der Waals surface area (Å²) in [6.07, 6.45) is 1.58. The van der Waals surface area contributed by atoms with E-state index in [-0.39, 0.29) is 11.7 Å². The molecule has 0 saturated heterocycles. The standard InChI is InChI=1S/C22H25NO4S/c1-4-27-21-11-7-18(8-12-21)22(24)23(20-13-14-28(25,26)15-20)19-9-5-17(6-10-19)16(2)3/h5-14,16,20H,4,15H2,1-3H3/t20-/m1/s1. The largest absolute Gasteiger partial charge is 0.494 e. The van der Waals surface area contributed by atoms with Crippen LogP contribution in [-0.2, 0) is 9.84 Å². The van der Waals surface area contributed by atoms with Gasteiger partial charge in [-0.05, 0) is 60.9 Å². The first-order valence-electron chi connectivity index (χ1n) is 9.38. The number of carbonyl (C=O) groups excluding carboxylic acids is 1. The molecule has 0 N–H and O–H groups in total. The van der Waals surface area contributed by atoms with Gasteiger partial charge in [0.05, 0.1) is 18.4 Å². The molecule has 148 valence electrons. The van der Waals surface area contributed by atoms with E-state index in [0.717, 1.165) is 5.56 Å². The Morgan fingerprint density at radius 2 is 1.75 bits per heavy atom. The lowest BCUT2D eigenvalue weighted by atomic mass is 10.0. The van der Waals surface area contributed by atoms with E-state index in [4.69, 9.17) is 4.74 Å². The van der Waals surface area contributed by atoms with Gasteiger partial charge in [-0.1, -0.05) is 26.0 Å². The molecule has 3 rings (SSSR count). The molecule has 0 spiro atoms. The number of rotatable bonds is 6. The fourth-order valence-electron chi connectivity index (χ4n) is 3.20. The number of ether oxygens (including phenoxy) is 1. The maximum absolute atomic E-state index is 13.3. The quantitative estimate of drug-likeness (QED) is 0.731. The van der Waals surface area contributed by atoms with Crippen molar-refractivity contribution in [1.29, 1.82) is 0 Å². The lowest BCUT2D eigenvalue weighted by Crippen LogP contribution is -2.41. The van der Waals surface area contributed by atoms with Gasteiger partial charge in [0, 0.05) is 16.7 Å². The summed E-state index contributed by atoms with van der Waals surface area (Å²) in [6, 6.07) is 14.1. The minimum absolute atomic E-state index is 0.109. The van der Waals surface area contributed by atoms with Crippen LogP contribution in [0.25, 0.3) is 0 Å². The van der Waals surface area contributed by atoms with Gasteiger partial charge < -0.3 is 9.64 Å². The average molecular weight is 400 g/mol. The third-order valence-electron chi connectivity index (χ3n) is 4.71. The molecule has 1 aliphatic heterocycles. The SMILES string of the molecule is CCOc1ccc(C(=O)N(c2ccc(C(C)C)cc2)[C@@H]2C=CS(=O)(=O)C2)cc1. The molecule has 5 nitrogen and oxygen atoms in total. The first kappa shape index (κ1) is 20.1. The van der Waals surface area contributed by atoms with Gasteiger partial charge in [0.25, 0.3) is 5.91 Å². The lowest BCUT2D eigenvalue weighted by Gasteiger charge is -2.28. The molecule has 0 aromatic heterocycles. The molecule has 1 amide bonds. The summed E-state index contributed by atoms with van der Waals surface area (Å²) in [5.41, 5.74) is 2.32. The third kappa shape index (κ3) is 4.44. The van der Waals surface area contributed by atoms with Crippen molar-refractivity contribution in [2.45, 2.75) is 32.7 Å². The minimum Gasteiger partial charge on any atom is -0.494 e. The second-order valence-corrected chi connectivity index (χ2v) is 9.04. The molecule has 1 aliphatic rings. The zero-order chi connectivity index (χ0) is 20.3. The van der Waals surface area contributed by atoms with E-state index in [1.807, 2.05) is 31.2 Å². The van der Waals surface area contributed by atoms with E-state index in [0.29, 0.717) is 29.5 Å². The molecule has 0 radical (unpaired) electrons. The van der Waals surface area contributed by atoms with Crippen LogP contribution in [0.3, 0.4) is 0 Å². The van der Waals surface area contributed by atoms with Crippen LogP contribution in [-0.4, -0.2) is 32.7 Å². The van der Waals surface area contributed by atoms with E-state index < -0.39 is 15.9 Å². The van der Waals surface area contributed by atoms with Crippen molar-refractivity contribution in [3.05, 3.63) is 71.1 Å². The Kier molecular flexibility index (Phi) is 5.89. The number of anilines is 1. The van der Waals surface area contributed by atoms with Gasteiger partial charge in [-0.2, -0.15) is 0 Å². The van der Waals surface area contributed by atoms with Crippen LogP contribution >= 0.6 is 0 Å². The monoisotopic (exact) mass is 399 g/mol. The van der Waals surface area contributed by atoms with Crippen LogP contribution in [0.1, 0.15) is 42.6 Å². The molecule has 0 saturated carbocycles. The zero-order valence-corrected chi connectivity index (χ0v) is 17.1. The molecule has 2 aromatic rings. The van der Waals surface area contributed by atoms with Crippen molar-refractivity contribution in [2.24, 2.45) is 0 Å². The van der Waals surface area contributed by atoms with E-state index >= 15 is 0 Å². The Bertz CT molecular complexity index is 961. The summed E-state index contributed by atoms with van der Waals surface area (Å²) in [6.45, 7) is 6.65. The lowest BCUT2D eigenvalue weighted by molar-refractivity contribution is 0.0983. The second kappa shape index (κ2) is 8.19. The fraction of sp³-hybridized carbons (Fsp3) is 0.318.